The second-order valence-corrected chi connectivity index (χ2v) is 6.73. The van der Waals surface area contributed by atoms with E-state index in [9.17, 15) is 14.4 Å². The maximum absolute atomic E-state index is 11.9. The molecule has 2 fully saturated rings. The highest BCUT2D eigenvalue weighted by molar-refractivity contribution is 6.41. The second-order valence-electron chi connectivity index (χ2n) is 6.73. The Kier molecular flexibility index (Phi) is 2.87. The van der Waals surface area contributed by atoms with Crippen LogP contribution in [0.25, 0.3) is 0 Å². The van der Waals surface area contributed by atoms with Gasteiger partial charge in [-0.15, -0.1) is 0 Å². The number of fused-ring (bicyclic) bond motifs is 1. The van der Waals surface area contributed by atoms with Gasteiger partial charge in [0.1, 0.15) is 6.61 Å². The van der Waals surface area contributed by atoms with Crippen molar-refractivity contribution in [1.29, 1.82) is 0 Å². The van der Waals surface area contributed by atoms with Crippen molar-refractivity contribution in [2.45, 2.75) is 40.5 Å². The third kappa shape index (κ3) is 1.78. The van der Waals surface area contributed by atoms with Crippen LogP contribution in [0, 0.1) is 22.7 Å². The second kappa shape index (κ2) is 3.90. The van der Waals surface area contributed by atoms with E-state index in [1.807, 2.05) is 6.92 Å². The molecule has 0 aromatic rings. The van der Waals surface area contributed by atoms with Gasteiger partial charge in [0, 0.05) is 5.92 Å². The van der Waals surface area contributed by atoms with E-state index in [1.54, 1.807) is 20.8 Å². The van der Waals surface area contributed by atoms with Crippen LogP contribution in [0.5, 0.6) is 0 Å². The lowest BCUT2D eigenvalue weighted by molar-refractivity contribution is -0.157. The number of Topliss-reactive ketones (excluding diaryl/α,β-unsaturated/α-hetero) is 2. The monoisotopic (exact) mass is 252 g/mol. The number of hydrogen-bond acceptors (Lipinski definition) is 4. The maximum atomic E-state index is 11.9. The summed E-state index contributed by atoms with van der Waals surface area (Å²) in [7, 11) is 0. The van der Waals surface area contributed by atoms with Gasteiger partial charge in [0.05, 0.1) is 11.3 Å². The molecule has 0 spiro atoms. The van der Waals surface area contributed by atoms with Crippen LogP contribution in [0.3, 0.4) is 0 Å². The Morgan fingerprint density at radius 3 is 2.33 bits per heavy atom. The minimum absolute atomic E-state index is 0.0493. The lowest BCUT2D eigenvalue weighted by Crippen LogP contribution is -2.42. The van der Waals surface area contributed by atoms with E-state index < -0.39 is 11.3 Å². The molecule has 0 amide bonds. The topological polar surface area (TPSA) is 60.4 Å². The molecule has 0 aromatic carbocycles. The molecule has 0 N–H and O–H groups in total. The molecule has 0 bridgehead atoms. The zero-order chi connectivity index (χ0) is 13.7. The van der Waals surface area contributed by atoms with E-state index >= 15 is 0 Å². The van der Waals surface area contributed by atoms with E-state index in [0.717, 1.165) is 12.8 Å². The van der Waals surface area contributed by atoms with E-state index in [0.29, 0.717) is 0 Å². The number of hydrogen-bond donors (Lipinski definition) is 0. The van der Waals surface area contributed by atoms with Gasteiger partial charge < -0.3 is 4.74 Å². The standard InChI is InChI=1S/C14H20O4/c1-13(2,3)12(17)18-7-9-11(16)10(15)8-5-6-14(8,9)4/h8-9H,5-7H2,1-4H3/t8-,9-,14-/m0/s1. The normalized spacial score (nSPS) is 35.1. The van der Waals surface area contributed by atoms with Gasteiger partial charge in [0.25, 0.3) is 0 Å². The van der Waals surface area contributed by atoms with Gasteiger partial charge in [-0.25, -0.2) is 0 Å². The van der Waals surface area contributed by atoms with Crippen LogP contribution in [0.15, 0.2) is 0 Å². The van der Waals surface area contributed by atoms with Crippen LogP contribution >= 0.6 is 0 Å². The summed E-state index contributed by atoms with van der Waals surface area (Å²) in [6.07, 6.45) is 1.66. The number of carbonyl (C=O) groups is 3. The molecule has 18 heavy (non-hydrogen) atoms. The largest absolute Gasteiger partial charge is 0.464 e. The summed E-state index contributed by atoms with van der Waals surface area (Å²) < 4.78 is 5.21. The van der Waals surface area contributed by atoms with Gasteiger partial charge in [-0.2, -0.15) is 0 Å². The van der Waals surface area contributed by atoms with Crippen molar-refractivity contribution in [1.82, 2.24) is 0 Å². The van der Waals surface area contributed by atoms with Crippen molar-refractivity contribution in [3.8, 4) is 0 Å². The fraction of sp³-hybridized carbons (Fsp3) is 0.786. The lowest BCUT2D eigenvalue weighted by Gasteiger charge is -2.43. The molecule has 0 radical (unpaired) electrons. The number of esters is 1. The van der Waals surface area contributed by atoms with Gasteiger partial charge in [0.15, 0.2) is 0 Å². The summed E-state index contributed by atoms with van der Waals surface area (Å²) in [4.78, 5) is 35.3. The van der Waals surface area contributed by atoms with Crippen molar-refractivity contribution in [2.24, 2.45) is 22.7 Å². The molecule has 0 unspecified atom stereocenters. The van der Waals surface area contributed by atoms with Gasteiger partial charge in [-0.05, 0) is 39.0 Å². The highest BCUT2D eigenvalue weighted by Crippen LogP contribution is 2.57. The Labute approximate surface area is 107 Å². The van der Waals surface area contributed by atoms with Crippen LogP contribution in [0.2, 0.25) is 0 Å². The van der Waals surface area contributed by atoms with E-state index in [2.05, 4.69) is 0 Å². The van der Waals surface area contributed by atoms with Crippen LogP contribution in [-0.4, -0.2) is 24.1 Å². The average Bonchev–Trinajstić information content (AvgIpc) is 2.35. The molecule has 2 aliphatic carbocycles. The Balaban J connectivity index is 2.04. The van der Waals surface area contributed by atoms with Crippen molar-refractivity contribution < 1.29 is 19.1 Å². The van der Waals surface area contributed by atoms with Gasteiger partial charge in [0.2, 0.25) is 11.6 Å². The zero-order valence-electron chi connectivity index (χ0n) is 11.4. The molecule has 2 aliphatic rings. The third-order valence-corrected chi connectivity index (χ3v) is 4.43. The van der Waals surface area contributed by atoms with Crippen molar-refractivity contribution in [3.63, 3.8) is 0 Å². The Morgan fingerprint density at radius 2 is 1.94 bits per heavy atom. The first kappa shape index (κ1) is 13.2. The Morgan fingerprint density at radius 1 is 1.33 bits per heavy atom. The number of rotatable bonds is 2. The molecule has 3 atom stereocenters. The first-order valence-corrected chi connectivity index (χ1v) is 6.43. The number of ketones is 2. The summed E-state index contributed by atoms with van der Waals surface area (Å²) >= 11 is 0. The minimum atomic E-state index is -0.578. The Hall–Kier alpha value is -1.19. The summed E-state index contributed by atoms with van der Waals surface area (Å²) in [6, 6.07) is 0. The number of carbonyl (C=O) groups excluding carboxylic acids is 3. The predicted molar refractivity (Wildman–Crippen MR) is 64.7 cm³/mol. The van der Waals surface area contributed by atoms with Crippen LogP contribution in [0.4, 0.5) is 0 Å². The van der Waals surface area contributed by atoms with Crippen molar-refractivity contribution in [3.05, 3.63) is 0 Å². The smallest absolute Gasteiger partial charge is 0.311 e. The predicted octanol–water partition coefficient (Wildman–Crippen LogP) is 1.76. The molecule has 0 heterocycles. The lowest BCUT2D eigenvalue weighted by atomic mass is 9.60. The molecule has 0 aromatic heterocycles. The van der Waals surface area contributed by atoms with Crippen molar-refractivity contribution in [2.75, 3.05) is 6.61 Å². The molecule has 4 heteroatoms. The third-order valence-electron chi connectivity index (χ3n) is 4.43. The summed E-state index contributed by atoms with van der Waals surface area (Å²) in [5.41, 5.74) is -0.849. The van der Waals surface area contributed by atoms with Crippen LogP contribution in [-0.2, 0) is 19.1 Å². The molecule has 0 saturated heterocycles. The molecule has 2 rings (SSSR count). The highest BCUT2D eigenvalue weighted by atomic mass is 16.5. The van der Waals surface area contributed by atoms with E-state index in [-0.39, 0.29) is 35.5 Å². The quantitative estimate of drug-likeness (QED) is 0.555. The molecule has 2 saturated carbocycles. The SMILES string of the molecule is CC(C)(C)C(=O)OC[C@H]1C(=O)C(=O)[C@@H]2CC[C@@]21C. The maximum Gasteiger partial charge on any atom is 0.311 e. The van der Waals surface area contributed by atoms with E-state index in [1.165, 1.54) is 0 Å². The Bertz CT molecular complexity index is 418. The average molecular weight is 252 g/mol. The first-order valence-electron chi connectivity index (χ1n) is 6.43. The summed E-state index contributed by atoms with van der Waals surface area (Å²) in [6.45, 7) is 7.31. The zero-order valence-corrected chi connectivity index (χ0v) is 11.4. The molecule has 4 nitrogen and oxygen atoms in total. The first-order chi connectivity index (χ1) is 8.18. The van der Waals surface area contributed by atoms with Crippen molar-refractivity contribution >= 4 is 17.5 Å². The molecular weight excluding hydrogens is 232 g/mol. The summed E-state index contributed by atoms with van der Waals surface area (Å²) in [5, 5.41) is 0. The molecule has 0 aliphatic heterocycles. The molecular formula is C14H20O4. The van der Waals surface area contributed by atoms with Gasteiger partial charge in [-0.1, -0.05) is 6.92 Å². The molecule has 100 valence electrons. The number of ether oxygens (including phenoxy) is 1. The van der Waals surface area contributed by atoms with E-state index in [4.69, 9.17) is 4.74 Å². The van der Waals surface area contributed by atoms with Gasteiger partial charge in [-0.3, -0.25) is 14.4 Å². The fourth-order valence-corrected chi connectivity index (χ4v) is 2.88. The van der Waals surface area contributed by atoms with Crippen LogP contribution in [0.1, 0.15) is 40.5 Å². The highest BCUT2D eigenvalue weighted by Gasteiger charge is 2.62. The van der Waals surface area contributed by atoms with Crippen LogP contribution < -0.4 is 0 Å². The van der Waals surface area contributed by atoms with Gasteiger partial charge >= 0.3 is 5.97 Å². The summed E-state index contributed by atoms with van der Waals surface area (Å²) in [5.74, 6) is -1.50. The fourth-order valence-electron chi connectivity index (χ4n) is 2.88. The minimum Gasteiger partial charge on any atom is -0.464 e.